The Balaban J connectivity index is 2.43. The second-order valence-corrected chi connectivity index (χ2v) is 3.73. The van der Waals surface area contributed by atoms with Gasteiger partial charge in [0, 0.05) is 17.3 Å². The summed E-state index contributed by atoms with van der Waals surface area (Å²) in [5, 5.41) is 18.6. The molecular weight excluding hydrogens is 218 g/mol. The Hall–Kier alpha value is -2.36. The third kappa shape index (κ3) is 2.42. The van der Waals surface area contributed by atoms with Crippen LogP contribution in [0.2, 0.25) is 0 Å². The highest BCUT2D eigenvalue weighted by molar-refractivity contribution is 6.08. The van der Waals surface area contributed by atoms with Gasteiger partial charge in [-0.25, -0.2) is 4.98 Å². The van der Waals surface area contributed by atoms with Gasteiger partial charge in [0.05, 0.1) is 0 Å². The summed E-state index contributed by atoms with van der Waals surface area (Å²) in [5.41, 5.74) is 1.23. The van der Waals surface area contributed by atoms with Crippen LogP contribution in [0.3, 0.4) is 0 Å². The fourth-order valence-electron chi connectivity index (χ4n) is 1.54. The van der Waals surface area contributed by atoms with Crippen LogP contribution in [0.15, 0.2) is 36.4 Å². The Kier molecular flexibility index (Phi) is 2.78. The fourth-order valence-corrected chi connectivity index (χ4v) is 1.54. The molecule has 4 heteroatoms. The van der Waals surface area contributed by atoms with Crippen LogP contribution in [0.25, 0.3) is 0 Å². The maximum Gasteiger partial charge on any atom is 0.211 e. The lowest BCUT2D eigenvalue weighted by atomic mass is 10.1. The van der Waals surface area contributed by atoms with Crippen LogP contribution in [0.5, 0.6) is 11.5 Å². The van der Waals surface area contributed by atoms with Crippen molar-refractivity contribution in [2.24, 2.45) is 0 Å². The average Bonchev–Trinajstić information content (AvgIpc) is 2.26. The van der Waals surface area contributed by atoms with Gasteiger partial charge in [-0.05, 0) is 31.2 Å². The number of aromatic nitrogens is 1. The Labute approximate surface area is 98.2 Å². The van der Waals surface area contributed by atoms with Crippen molar-refractivity contribution in [1.29, 1.82) is 0 Å². The lowest BCUT2D eigenvalue weighted by Crippen LogP contribution is -2.04. The van der Waals surface area contributed by atoms with Gasteiger partial charge in [0.2, 0.25) is 5.78 Å². The van der Waals surface area contributed by atoms with Crippen LogP contribution >= 0.6 is 0 Å². The van der Waals surface area contributed by atoms with E-state index in [0.29, 0.717) is 0 Å². The van der Waals surface area contributed by atoms with Gasteiger partial charge in [-0.15, -0.1) is 0 Å². The van der Waals surface area contributed by atoms with Gasteiger partial charge < -0.3 is 10.2 Å². The number of carbonyl (C=O) groups excluding carboxylic acids is 1. The number of aryl methyl sites for hydroxylation is 1. The molecular formula is C13H11NO3. The fraction of sp³-hybridized carbons (Fsp3) is 0.0769. The number of phenolic OH excluding ortho intramolecular Hbond substituents is 2. The third-order valence-corrected chi connectivity index (χ3v) is 2.29. The summed E-state index contributed by atoms with van der Waals surface area (Å²) in [6, 6.07) is 8.88. The van der Waals surface area contributed by atoms with Crippen molar-refractivity contribution in [2.75, 3.05) is 0 Å². The highest BCUT2D eigenvalue weighted by atomic mass is 16.3. The molecule has 0 saturated heterocycles. The molecule has 2 rings (SSSR count). The zero-order valence-electron chi connectivity index (χ0n) is 9.21. The molecule has 4 nitrogen and oxygen atoms in total. The molecule has 0 aliphatic heterocycles. The number of hydrogen-bond donors (Lipinski definition) is 2. The van der Waals surface area contributed by atoms with E-state index in [4.69, 9.17) is 0 Å². The first-order valence-electron chi connectivity index (χ1n) is 5.07. The second-order valence-electron chi connectivity index (χ2n) is 3.73. The first-order valence-corrected chi connectivity index (χ1v) is 5.07. The van der Waals surface area contributed by atoms with Crippen molar-refractivity contribution in [3.63, 3.8) is 0 Å². The monoisotopic (exact) mass is 229 g/mol. The van der Waals surface area contributed by atoms with E-state index >= 15 is 0 Å². The van der Waals surface area contributed by atoms with Crippen molar-refractivity contribution in [3.8, 4) is 11.5 Å². The largest absolute Gasteiger partial charge is 0.508 e. The zero-order valence-corrected chi connectivity index (χ0v) is 9.21. The minimum Gasteiger partial charge on any atom is -0.508 e. The smallest absolute Gasteiger partial charge is 0.211 e. The molecule has 0 spiro atoms. The number of pyridine rings is 1. The lowest BCUT2D eigenvalue weighted by molar-refractivity contribution is 0.103. The minimum absolute atomic E-state index is 0.152. The van der Waals surface area contributed by atoms with Gasteiger partial charge in [-0.1, -0.05) is 6.07 Å². The molecule has 2 aromatic rings. The first-order chi connectivity index (χ1) is 8.06. The maximum atomic E-state index is 12.0. The van der Waals surface area contributed by atoms with E-state index < -0.39 is 0 Å². The highest BCUT2D eigenvalue weighted by Gasteiger charge is 2.12. The maximum absolute atomic E-state index is 12.0. The van der Waals surface area contributed by atoms with Gasteiger partial charge >= 0.3 is 0 Å². The molecule has 0 amide bonds. The summed E-state index contributed by atoms with van der Waals surface area (Å²) < 4.78 is 0. The molecule has 86 valence electrons. The van der Waals surface area contributed by atoms with E-state index in [1.807, 2.05) is 0 Å². The molecule has 0 aliphatic carbocycles. The van der Waals surface area contributed by atoms with Crippen LogP contribution in [-0.4, -0.2) is 21.0 Å². The number of phenols is 2. The number of aromatic hydroxyl groups is 2. The molecule has 17 heavy (non-hydrogen) atoms. The van der Waals surface area contributed by atoms with Crippen LogP contribution in [0.1, 0.15) is 21.7 Å². The Morgan fingerprint density at radius 1 is 1.12 bits per heavy atom. The summed E-state index contributed by atoms with van der Waals surface area (Å²) in [6.45, 7) is 1.79. The van der Waals surface area contributed by atoms with Crippen LogP contribution in [-0.2, 0) is 0 Å². The van der Waals surface area contributed by atoms with Gasteiger partial charge in [0.1, 0.15) is 17.2 Å². The van der Waals surface area contributed by atoms with Crippen molar-refractivity contribution in [3.05, 3.63) is 53.3 Å². The molecule has 0 bridgehead atoms. The van der Waals surface area contributed by atoms with Crippen molar-refractivity contribution >= 4 is 5.78 Å². The van der Waals surface area contributed by atoms with Crippen LogP contribution in [0, 0.1) is 6.92 Å². The lowest BCUT2D eigenvalue weighted by Gasteiger charge is -2.03. The first kappa shape index (κ1) is 11.1. The molecule has 0 atom stereocenters. The summed E-state index contributed by atoms with van der Waals surface area (Å²) >= 11 is 0. The molecule has 0 fully saturated rings. The number of nitrogens with zero attached hydrogens (tertiary/aromatic N) is 1. The standard InChI is InChI=1S/C13H11NO3/c1-8-3-2-4-12(14-8)13(17)9-5-10(15)7-11(16)6-9/h2-7,15-16H,1H3. The molecule has 0 radical (unpaired) electrons. The van der Waals surface area contributed by atoms with Gasteiger partial charge in [0.25, 0.3) is 0 Å². The molecule has 0 aliphatic rings. The topological polar surface area (TPSA) is 70.4 Å². The predicted octanol–water partition coefficient (Wildman–Crippen LogP) is 2.03. The van der Waals surface area contributed by atoms with Crippen molar-refractivity contribution < 1.29 is 15.0 Å². The third-order valence-electron chi connectivity index (χ3n) is 2.29. The van der Waals surface area contributed by atoms with E-state index in [-0.39, 0.29) is 28.5 Å². The van der Waals surface area contributed by atoms with Crippen molar-refractivity contribution in [1.82, 2.24) is 4.98 Å². The average molecular weight is 229 g/mol. The van der Waals surface area contributed by atoms with E-state index in [2.05, 4.69) is 4.98 Å². The highest BCUT2D eigenvalue weighted by Crippen LogP contribution is 2.22. The second kappa shape index (κ2) is 4.25. The molecule has 1 heterocycles. The van der Waals surface area contributed by atoms with E-state index in [1.54, 1.807) is 25.1 Å². The van der Waals surface area contributed by atoms with Crippen LogP contribution in [0.4, 0.5) is 0 Å². The quantitative estimate of drug-likeness (QED) is 0.773. The van der Waals surface area contributed by atoms with Gasteiger partial charge in [-0.2, -0.15) is 0 Å². The van der Waals surface area contributed by atoms with Gasteiger partial charge in [-0.3, -0.25) is 4.79 Å². The van der Waals surface area contributed by atoms with E-state index in [1.165, 1.54) is 18.2 Å². The zero-order chi connectivity index (χ0) is 12.4. The van der Waals surface area contributed by atoms with Crippen molar-refractivity contribution in [2.45, 2.75) is 6.92 Å². The summed E-state index contributed by atoms with van der Waals surface area (Å²) in [6.07, 6.45) is 0. The summed E-state index contributed by atoms with van der Waals surface area (Å²) in [5.74, 6) is -0.637. The molecule has 0 saturated carbocycles. The number of carbonyl (C=O) groups is 1. The number of benzene rings is 1. The molecule has 2 N–H and O–H groups in total. The summed E-state index contributed by atoms with van der Waals surface area (Å²) in [4.78, 5) is 16.1. The number of hydrogen-bond acceptors (Lipinski definition) is 4. The normalized spacial score (nSPS) is 10.2. The Morgan fingerprint density at radius 3 is 2.35 bits per heavy atom. The Bertz CT molecular complexity index is 558. The number of rotatable bonds is 2. The minimum atomic E-state index is -0.333. The number of ketones is 1. The molecule has 1 aromatic carbocycles. The van der Waals surface area contributed by atoms with E-state index in [9.17, 15) is 15.0 Å². The molecule has 0 unspecified atom stereocenters. The summed E-state index contributed by atoms with van der Waals surface area (Å²) in [7, 11) is 0. The van der Waals surface area contributed by atoms with E-state index in [0.717, 1.165) is 5.69 Å². The van der Waals surface area contributed by atoms with Crippen LogP contribution < -0.4 is 0 Å². The Morgan fingerprint density at radius 2 is 1.76 bits per heavy atom. The molecule has 1 aromatic heterocycles. The predicted molar refractivity (Wildman–Crippen MR) is 62.2 cm³/mol. The van der Waals surface area contributed by atoms with Gasteiger partial charge in [0.15, 0.2) is 0 Å². The SMILES string of the molecule is Cc1cccc(C(=O)c2cc(O)cc(O)c2)n1.